The van der Waals surface area contributed by atoms with Gasteiger partial charge in [-0.05, 0) is 11.0 Å². The Morgan fingerprint density at radius 1 is 1.00 bits per heavy atom. The highest BCUT2D eigenvalue weighted by molar-refractivity contribution is 6.60. The van der Waals surface area contributed by atoms with Crippen LogP contribution in [-0.4, -0.2) is 47.3 Å². The molecule has 0 aliphatic heterocycles. The van der Waals surface area contributed by atoms with Gasteiger partial charge in [0.2, 0.25) is 0 Å². The molecule has 0 aliphatic carbocycles. The average molecular weight is 250 g/mol. The Hall–Kier alpha value is 0.104. The second-order valence-corrected chi connectivity index (χ2v) is 5.50. The molecule has 8 heteroatoms. The van der Waals surface area contributed by atoms with E-state index in [1.54, 1.807) is 0 Å². The molecule has 0 radical (unpaired) electrons. The van der Waals surface area contributed by atoms with E-state index in [9.17, 15) is 13.2 Å². The summed E-state index contributed by atoms with van der Waals surface area (Å²) in [5.41, 5.74) is 0. The molecule has 0 fully saturated rings. The molecule has 3 nitrogen and oxygen atoms in total. The fourth-order valence-electron chi connectivity index (χ4n) is 0.851. The number of hydrogen-bond acceptors (Lipinski definition) is 3. The van der Waals surface area contributed by atoms with Crippen molar-refractivity contribution in [2.75, 3.05) is 21.3 Å². The van der Waals surface area contributed by atoms with Gasteiger partial charge < -0.3 is 13.3 Å². The van der Waals surface area contributed by atoms with Crippen LogP contribution in [0.5, 0.6) is 0 Å². The molecule has 0 rings (SSSR count). The summed E-state index contributed by atoms with van der Waals surface area (Å²) in [6.07, 6.45) is -5.15. The minimum atomic E-state index is -4.20. The molecule has 0 spiro atoms. The summed E-state index contributed by atoms with van der Waals surface area (Å²) in [5.74, 6) is 0. The quantitative estimate of drug-likeness (QED) is 0.660. The van der Waals surface area contributed by atoms with Crippen molar-refractivity contribution in [3.8, 4) is 0 Å². The third-order valence-electron chi connectivity index (χ3n) is 1.65. The SMILES string of the molecule is CO[Si](CCC(F)(F)F)(OC)OC.[SiH4]. The van der Waals surface area contributed by atoms with E-state index in [-0.39, 0.29) is 17.0 Å². The van der Waals surface area contributed by atoms with Gasteiger partial charge in [0.25, 0.3) is 0 Å². The number of alkyl halides is 3. The van der Waals surface area contributed by atoms with E-state index in [4.69, 9.17) is 13.3 Å². The summed E-state index contributed by atoms with van der Waals surface area (Å²) in [4.78, 5) is 0. The first-order valence-corrected chi connectivity index (χ1v) is 5.54. The molecule has 0 bridgehead atoms. The first-order chi connectivity index (χ1) is 5.89. The second-order valence-electron chi connectivity index (χ2n) is 2.41. The van der Waals surface area contributed by atoms with E-state index in [2.05, 4.69) is 0 Å². The standard InChI is InChI=1S/C6H13F3O3Si.H4Si/c1-10-13(11-2,12-3)5-4-6(7,8)9;/h4-5H2,1-3H3;1H4. The first-order valence-electron chi connectivity index (χ1n) is 3.61. The van der Waals surface area contributed by atoms with Gasteiger partial charge in [-0.2, -0.15) is 13.2 Å². The minimum Gasteiger partial charge on any atom is -0.377 e. The molecular weight excluding hydrogens is 233 g/mol. The minimum absolute atomic E-state index is 0. The Morgan fingerprint density at radius 3 is 1.57 bits per heavy atom. The van der Waals surface area contributed by atoms with Gasteiger partial charge in [-0.3, -0.25) is 0 Å². The van der Waals surface area contributed by atoms with E-state index in [1.807, 2.05) is 0 Å². The van der Waals surface area contributed by atoms with Gasteiger partial charge >= 0.3 is 15.0 Å². The highest BCUT2D eigenvalue weighted by Crippen LogP contribution is 2.26. The Balaban J connectivity index is 0. The van der Waals surface area contributed by atoms with Crippen molar-refractivity contribution in [1.82, 2.24) is 0 Å². The molecule has 0 heterocycles. The zero-order valence-electron chi connectivity index (χ0n) is 7.77. The molecule has 0 aromatic rings. The second kappa shape index (κ2) is 6.56. The zero-order chi connectivity index (χ0) is 10.5. The van der Waals surface area contributed by atoms with Crippen LogP contribution in [0, 0.1) is 0 Å². The van der Waals surface area contributed by atoms with Crippen LogP contribution in [0.25, 0.3) is 0 Å². The molecule has 0 saturated heterocycles. The van der Waals surface area contributed by atoms with Gasteiger partial charge in [-0.15, -0.1) is 0 Å². The van der Waals surface area contributed by atoms with E-state index >= 15 is 0 Å². The summed E-state index contributed by atoms with van der Waals surface area (Å²) in [7, 11) is 0.815. The van der Waals surface area contributed by atoms with Crippen LogP contribution in [0.15, 0.2) is 0 Å². The fourth-order valence-corrected chi connectivity index (χ4v) is 2.55. The van der Waals surface area contributed by atoms with Crippen LogP contribution in [0.3, 0.4) is 0 Å². The van der Waals surface area contributed by atoms with Crippen LogP contribution < -0.4 is 0 Å². The maximum absolute atomic E-state index is 11.9. The summed E-state index contributed by atoms with van der Waals surface area (Å²) < 4.78 is 50.0. The highest BCUT2D eigenvalue weighted by atomic mass is 28.4. The molecule has 0 aromatic heterocycles. The predicted molar refractivity (Wildman–Crippen MR) is 53.6 cm³/mol. The molecule has 0 aromatic carbocycles. The predicted octanol–water partition coefficient (Wildman–Crippen LogP) is 0.365. The van der Waals surface area contributed by atoms with Crippen LogP contribution in [0.1, 0.15) is 6.42 Å². The lowest BCUT2D eigenvalue weighted by atomic mass is 10.5. The number of rotatable bonds is 5. The van der Waals surface area contributed by atoms with Crippen molar-refractivity contribution in [3.05, 3.63) is 0 Å². The first kappa shape index (κ1) is 16.5. The summed E-state index contributed by atoms with van der Waals surface area (Å²) in [6.45, 7) is 0. The molecule has 88 valence electrons. The van der Waals surface area contributed by atoms with Crippen LogP contribution >= 0.6 is 0 Å². The molecule has 0 amide bonds. The van der Waals surface area contributed by atoms with Gasteiger partial charge in [0.05, 0.1) is 0 Å². The molecule has 0 unspecified atom stereocenters. The third-order valence-corrected chi connectivity index (χ3v) is 4.38. The Morgan fingerprint density at radius 2 is 1.36 bits per heavy atom. The maximum Gasteiger partial charge on any atom is 0.500 e. The van der Waals surface area contributed by atoms with Crippen molar-refractivity contribution in [1.29, 1.82) is 0 Å². The summed E-state index contributed by atoms with van der Waals surface area (Å²) >= 11 is 0. The summed E-state index contributed by atoms with van der Waals surface area (Å²) in [5, 5.41) is 0. The van der Waals surface area contributed by atoms with Crippen molar-refractivity contribution in [3.63, 3.8) is 0 Å². The lowest BCUT2D eigenvalue weighted by molar-refractivity contribution is -0.132. The van der Waals surface area contributed by atoms with Crippen molar-refractivity contribution in [2.24, 2.45) is 0 Å². The third kappa shape index (κ3) is 5.75. The van der Waals surface area contributed by atoms with Gasteiger partial charge in [0.1, 0.15) is 0 Å². The van der Waals surface area contributed by atoms with Gasteiger partial charge in [-0.25, -0.2) is 0 Å². The van der Waals surface area contributed by atoms with Crippen molar-refractivity contribution < 1.29 is 26.4 Å². The normalized spacial score (nSPS) is 12.4. The Kier molecular flexibility index (Phi) is 7.75. The van der Waals surface area contributed by atoms with Gasteiger partial charge in [0, 0.05) is 33.8 Å². The monoisotopic (exact) mass is 250 g/mol. The van der Waals surface area contributed by atoms with E-state index < -0.39 is 21.4 Å². The Bertz CT molecular complexity index is 141. The van der Waals surface area contributed by atoms with E-state index in [0.717, 1.165) is 0 Å². The number of halogens is 3. The highest BCUT2D eigenvalue weighted by Gasteiger charge is 2.42. The molecule has 14 heavy (non-hydrogen) atoms. The van der Waals surface area contributed by atoms with Gasteiger partial charge in [0.15, 0.2) is 0 Å². The Labute approximate surface area is 86.9 Å². The van der Waals surface area contributed by atoms with E-state index in [0.29, 0.717) is 0 Å². The van der Waals surface area contributed by atoms with Crippen LogP contribution in [0.4, 0.5) is 13.2 Å². The largest absolute Gasteiger partial charge is 0.500 e. The average Bonchev–Trinajstić information content (AvgIpc) is 2.06. The molecule has 0 saturated carbocycles. The lowest BCUT2D eigenvalue weighted by Gasteiger charge is -2.24. The zero-order valence-corrected chi connectivity index (χ0v) is 8.77. The lowest BCUT2D eigenvalue weighted by Crippen LogP contribution is -2.43. The van der Waals surface area contributed by atoms with Gasteiger partial charge in [-0.1, -0.05) is 0 Å². The van der Waals surface area contributed by atoms with Crippen molar-refractivity contribution in [2.45, 2.75) is 18.6 Å². The smallest absolute Gasteiger partial charge is 0.377 e. The molecular formula is C6H17F3O3Si2. The maximum atomic E-state index is 11.9. The van der Waals surface area contributed by atoms with Crippen LogP contribution in [0.2, 0.25) is 6.04 Å². The van der Waals surface area contributed by atoms with E-state index in [1.165, 1.54) is 21.3 Å². The topological polar surface area (TPSA) is 27.7 Å². The number of hydrogen-bond donors (Lipinski definition) is 0. The molecule has 0 atom stereocenters. The molecule has 0 N–H and O–H groups in total. The molecule has 0 aliphatic rings. The fraction of sp³-hybridized carbons (Fsp3) is 1.00. The summed E-state index contributed by atoms with van der Waals surface area (Å²) in [6, 6.07) is -0.250. The van der Waals surface area contributed by atoms with Crippen LogP contribution in [-0.2, 0) is 13.3 Å². The van der Waals surface area contributed by atoms with Crippen molar-refractivity contribution >= 4 is 19.8 Å².